The van der Waals surface area contributed by atoms with Gasteiger partial charge < -0.3 is 14.5 Å². The Labute approximate surface area is 163 Å². The van der Waals surface area contributed by atoms with E-state index in [9.17, 15) is 4.79 Å². The molecule has 1 amide bonds. The van der Waals surface area contributed by atoms with Gasteiger partial charge in [0.05, 0.1) is 20.4 Å². The topological polar surface area (TPSA) is 75.7 Å². The number of aromatic nitrogens is 1. The number of para-hydroxylation sites is 1. The molecular formula is C22H23N3O3. The number of methoxy groups -OCH3 is 2. The zero-order valence-electron chi connectivity index (χ0n) is 16.0. The highest BCUT2D eigenvalue weighted by Gasteiger charge is 2.16. The van der Waals surface area contributed by atoms with Gasteiger partial charge in [0, 0.05) is 27.7 Å². The van der Waals surface area contributed by atoms with E-state index in [0.29, 0.717) is 17.1 Å². The zero-order valence-corrected chi connectivity index (χ0v) is 16.0. The third kappa shape index (κ3) is 3.33. The highest BCUT2D eigenvalue weighted by atomic mass is 16.5. The fourth-order valence-electron chi connectivity index (χ4n) is 3.79. The molecule has 6 nitrogen and oxygen atoms in total. The first-order chi connectivity index (χ1) is 13.7. The number of nitrogens with zero attached hydrogens (tertiary/aromatic N) is 1. The molecule has 0 radical (unpaired) electrons. The second-order valence-corrected chi connectivity index (χ2v) is 6.83. The summed E-state index contributed by atoms with van der Waals surface area (Å²) in [6.07, 6.45) is 6.11. The Hall–Kier alpha value is -3.28. The number of ether oxygens (including phenoxy) is 2. The lowest BCUT2D eigenvalue weighted by molar-refractivity contribution is 0.0955. The minimum Gasteiger partial charge on any atom is -0.493 e. The molecule has 0 fully saturated rings. The molecule has 0 saturated heterocycles. The largest absolute Gasteiger partial charge is 0.493 e. The van der Waals surface area contributed by atoms with E-state index in [1.807, 2.05) is 36.4 Å². The van der Waals surface area contributed by atoms with Crippen LogP contribution < -0.4 is 14.9 Å². The summed E-state index contributed by atoms with van der Waals surface area (Å²) in [6, 6.07) is 11.2. The number of aromatic amines is 1. The molecule has 4 rings (SSSR count). The molecule has 0 unspecified atom stereocenters. The van der Waals surface area contributed by atoms with E-state index in [2.05, 4.69) is 15.5 Å². The van der Waals surface area contributed by atoms with Crippen molar-refractivity contribution < 1.29 is 14.3 Å². The van der Waals surface area contributed by atoms with Crippen molar-refractivity contribution in [1.29, 1.82) is 0 Å². The summed E-state index contributed by atoms with van der Waals surface area (Å²) >= 11 is 0. The predicted molar refractivity (Wildman–Crippen MR) is 110 cm³/mol. The molecular weight excluding hydrogens is 354 g/mol. The molecule has 0 aliphatic heterocycles. The lowest BCUT2D eigenvalue weighted by Crippen LogP contribution is -2.17. The van der Waals surface area contributed by atoms with Gasteiger partial charge in [0.15, 0.2) is 11.5 Å². The number of nitrogens with one attached hydrogen (secondary N) is 2. The molecule has 0 saturated carbocycles. The van der Waals surface area contributed by atoms with Crippen LogP contribution in [0, 0.1) is 0 Å². The maximum atomic E-state index is 12.6. The van der Waals surface area contributed by atoms with Crippen LogP contribution in [-0.2, 0) is 12.8 Å². The Bertz CT molecular complexity index is 1050. The van der Waals surface area contributed by atoms with Crippen molar-refractivity contribution in [1.82, 2.24) is 10.4 Å². The lowest BCUT2D eigenvalue weighted by atomic mass is 9.95. The van der Waals surface area contributed by atoms with E-state index in [1.54, 1.807) is 20.4 Å². The van der Waals surface area contributed by atoms with Crippen molar-refractivity contribution in [3.05, 3.63) is 58.8 Å². The van der Waals surface area contributed by atoms with Gasteiger partial charge in [-0.15, -0.1) is 0 Å². The van der Waals surface area contributed by atoms with Crippen molar-refractivity contribution in [3.63, 3.8) is 0 Å². The van der Waals surface area contributed by atoms with Crippen molar-refractivity contribution >= 4 is 23.0 Å². The van der Waals surface area contributed by atoms with Crippen LogP contribution in [0.2, 0.25) is 0 Å². The van der Waals surface area contributed by atoms with Gasteiger partial charge in [-0.3, -0.25) is 4.79 Å². The fraction of sp³-hybridized carbons (Fsp3) is 0.273. The van der Waals surface area contributed by atoms with E-state index < -0.39 is 0 Å². The number of aryl methyl sites for hydroxylation is 2. The third-order valence-electron chi connectivity index (χ3n) is 5.16. The van der Waals surface area contributed by atoms with Crippen molar-refractivity contribution in [2.24, 2.45) is 5.10 Å². The number of hydrazone groups is 1. The minimum atomic E-state index is -0.245. The van der Waals surface area contributed by atoms with Crippen LogP contribution in [0.1, 0.15) is 40.0 Å². The molecule has 1 heterocycles. The maximum Gasteiger partial charge on any atom is 0.271 e. The number of hydrogen-bond donors (Lipinski definition) is 2. The maximum absolute atomic E-state index is 12.6. The Kier molecular flexibility index (Phi) is 5.02. The van der Waals surface area contributed by atoms with Gasteiger partial charge in [0.1, 0.15) is 0 Å². The van der Waals surface area contributed by atoms with Crippen molar-refractivity contribution in [3.8, 4) is 11.5 Å². The predicted octanol–water partition coefficient (Wildman–Crippen LogP) is 3.83. The number of amides is 1. The Balaban J connectivity index is 1.53. The van der Waals surface area contributed by atoms with Crippen molar-refractivity contribution in [2.75, 3.05) is 14.2 Å². The van der Waals surface area contributed by atoms with Gasteiger partial charge >= 0.3 is 0 Å². The number of carbonyl (C=O) groups is 1. The first kappa shape index (κ1) is 18.1. The number of fused-ring (bicyclic) bond motifs is 3. The lowest BCUT2D eigenvalue weighted by Gasteiger charge is -2.10. The number of hydrogen-bond acceptors (Lipinski definition) is 4. The number of benzene rings is 2. The van der Waals surface area contributed by atoms with Crippen molar-refractivity contribution in [2.45, 2.75) is 25.7 Å². The monoisotopic (exact) mass is 377 g/mol. The normalized spacial score (nSPS) is 13.5. The second-order valence-electron chi connectivity index (χ2n) is 6.83. The molecule has 3 aromatic rings. The van der Waals surface area contributed by atoms with Gasteiger partial charge in [0.25, 0.3) is 5.91 Å². The van der Waals surface area contributed by atoms with Crippen LogP contribution in [-0.4, -0.2) is 31.3 Å². The quantitative estimate of drug-likeness (QED) is 0.524. The fourth-order valence-corrected chi connectivity index (χ4v) is 3.79. The molecule has 0 bridgehead atoms. The summed E-state index contributed by atoms with van der Waals surface area (Å²) in [7, 11) is 3.15. The average Bonchev–Trinajstić information content (AvgIpc) is 3.11. The third-order valence-corrected chi connectivity index (χ3v) is 5.16. The van der Waals surface area contributed by atoms with Crippen LogP contribution in [0.5, 0.6) is 11.5 Å². The first-order valence-electron chi connectivity index (χ1n) is 9.39. The van der Waals surface area contributed by atoms with Gasteiger partial charge in [-0.25, -0.2) is 5.43 Å². The van der Waals surface area contributed by atoms with Crippen LogP contribution in [0.15, 0.2) is 41.5 Å². The number of H-pyrrole nitrogens is 1. The summed E-state index contributed by atoms with van der Waals surface area (Å²) in [5, 5.41) is 5.23. The van der Waals surface area contributed by atoms with Gasteiger partial charge in [-0.05, 0) is 61.6 Å². The van der Waals surface area contributed by atoms with Crippen LogP contribution in [0.25, 0.3) is 10.9 Å². The molecule has 1 aliphatic rings. The summed E-state index contributed by atoms with van der Waals surface area (Å²) in [6.45, 7) is 0. The second kappa shape index (κ2) is 7.76. The highest BCUT2D eigenvalue weighted by Crippen LogP contribution is 2.30. The molecule has 1 aromatic heterocycles. The van der Waals surface area contributed by atoms with E-state index in [0.717, 1.165) is 29.3 Å². The van der Waals surface area contributed by atoms with E-state index in [1.165, 1.54) is 24.1 Å². The van der Waals surface area contributed by atoms with Gasteiger partial charge in [-0.1, -0.05) is 6.07 Å². The molecule has 0 spiro atoms. The molecule has 0 atom stereocenters. The average molecular weight is 377 g/mol. The molecule has 1 aliphatic carbocycles. The zero-order chi connectivity index (χ0) is 19.5. The van der Waals surface area contributed by atoms with Gasteiger partial charge in [0.2, 0.25) is 0 Å². The minimum absolute atomic E-state index is 0.245. The SMILES string of the molecule is COc1cccc(/C=N\NC(=O)c2ccc3[nH]c4c(c3c2)CCCC4)c1OC. The van der Waals surface area contributed by atoms with E-state index >= 15 is 0 Å². The van der Waals surface area contributed by atoms with Gasteiger partial charge in [-0.2, -0.15) is 5.10 Å². The number of carbonyl (C=O) groups excluding carboxylic acids is 1. The summed E-state index contributed by atoms with van der Waals surface area (Å²) in [5.74, 6) is 0.939. The number of rotatable bonds is 5. The Morgan fingerprint density at radius 3 is 2.82 bits per heavy atom. The summed E-state index contributed by atoms with van der Waals surface area (Å²) in [4.78, 5) is 16.0. The Morgan fingerprint density at radius 2 is 2.00 bits per heavy atom. The van der Waals surface area contributed by atoms with Crippen LogP contribution in [0.4, 0.5) is 0 Å². The summed E-state index contributed by atoms with van der Waals surface area (Å²) in [5.41, 5.74) is 7.65. The summed E-state index contributed by atoms with van der Waals surface area (Å²) < 4.78 is 10.6. The first-order valence-corrected chi connectivity index (χ1v) is 9.39. The molecule has 6 heteroatoms. The standard InChI is InChI=1S/C22H23N3O3/c1-27-20-9-5-6-15(21(20)28-2)13-23-25-22(26)14-10-11-19-17(12-14)16-7-3-4-8-18(16)24-19/h5-6,9-13,24H,3-4,7-8H2,1-2H3,(H,25,26)/b23-13-. The molecule has 2 aromatic carbocycles. The smallest absolute Gasteiger partial charge is 0.271 e. The van der Waals surface area contributed by atoms with E-state index in [4.69, 9.17) is 9.47 Å². The highest BCUT2D eigenvalue weighted by molar-refractivity contribution is 5.99. The Morgan fingerprint density at radius 1 is 1.14 bits per heavy atom. The van der Waals surface area contributed by atoms with E-state index in [-0.39, 0.29) is 5.91 Å². The van der Waals surface area contributed by atoms with Crippen LogP contribution in [0.3, 0.4) is 0 Å². The van der Waals surface area contributed by atoms with Crippen LogP contribution >= 0.6 is 0 Å². The molecule has 144 valence electrons. The molecule has 28 heavy (non-hydrogen) atoms. The molecule has 2 N–H and O–H groups in total.